The summed E-state index contributed by atoms with van der Waals surface area (Å²) in [6.07, 6.45) is 2.21. The molecular weight excluding hydrogens is 432 g/mol. The van der Waals surface area contributed by atoms with Crippen LogP contribution in [-0.2, 0) is 13.1 Å². The minimum absolute atomic E-state index is 0.390. The van der Waals surface area contributed by atoms with Crippen LogP contribution >= 0.6 is 0 Å². The van der Waals surface area contributed by atoms with E-state index in [-0.39, 0.29) is 5.69 Å². The molecule has 0 unspecified atom stereocenters. The predicted octanol–water partition coefficient (Wildman–Crippen LogP) is 2.50. The van der Waals surface area contributed by atoms with Gasteiger partial charge in [-0.25, -0.2) is 14.9 Å². The first-order valence-corrected chi connectivity index (χ1v) is 11.2. The average molecular weight is 454 g/mol. The van der Waals surface area contributed by atoms with Gasteiger partial charge in [0, 0.05) is 18.7 Å². The molecule has 1 fully saturated rings. The van der Waals surface area contributed by atoms with E-state index in [4.69, 9.17) is 0 Å². The molecule has 0 bridgehead atoms. The number of aromatic amines is 2. The molecule has 2 N–H and O–H groups in total. The van der Waals surface area contributed by atoms with Crippen LogP contribution in [0.2, 0.25) is 0 Å². The second kappa shape index (κ2) is 7.91. The molecule has 0 spiro atoms. The predicted molar refractivity (Wildman–Crippen MR) is 126 cm³/mol. The van der Waals surface area contributed by atoms with Gasteiger partial charge < -0.3 is 4.57 Å². The largest absolute Gasteiger partial charge is 0.330 e. The van der Waals surface area contributed by atoms with Gasteiger partial charge >= 0.3 is 5.69 Å². The highest BCUT2D eigenvalue weighted by Gasteiger charge is 2.25. The molecule has 34 heavy (non-hydrogen) atoms. The molecule has 0 atom stereocenters. The molecule has 0 radical (unpaired) electrons. The highest BCUT2D eigenvalue weighted by Crippen LogP contribution is 2.31. The summed E-state index contributed by atoms with van der Waals surface area (Å²) in [5.74, 6) is 1.79. The van der Waals surface area contributed by atoms with Crippen LogP contribution in [0.5, 0.6) is 0 Å². The summed E-state index contributed by atoms with van der Waals surface area (Å²) in [6.45, 7) is 2.93. The number of rotatable bonds is 6. The zero-order valence-corrected chi connectivity index (χ0v) is 18.5. The second-order valence-electron chi connectivity index (χ2n) is 8.72. The van der Waals surface area contributed by atoms with Crippen molar-refractivity contribution in [2.45, 2.75) is 32.9 Å². The molecule has 0 amide bonds. The number of fused-ring (bicyclic) bond motifs is 1. The number of aryl methyl sites for hydroxylation is 1. The van der Waals surface area contributed by atoms with Gasteiger partial charge in [-0.3, -0.25) is 14.3 Å². The molecular formula is C24H22N8O2. The molecule has 0 saturated heterocycles. The van der Waals surface area contributed by atoms with E-state index in [1.807, 2.05) is 60.0 Å². The van der Waals surface area contributed by atoms with Crippen LogP contribution in [0.4, 0.5) is 0 Å². The smallest absolute Gasteiger partial charge is 0.318 e. The maximum Gasteiger partial charge on any atom is 0.330 e. The zero-order valence-electron chi connectivity index (χ0n) is 18.5. The van der Waals surface area contributed by atoms with Crippen molar-refractivity contribution >= 4 is 11.2 Å². The van der Waals surface area contributed by atoms with Crippen LogP contribution in [0.15, 0.2) is 58.1 Å². The molecule has 6 rings (SSSR count). The highest BCUT2D eigenvalue weighted by atomic mass is 16.2. The van der Waals surface area contributed by atoms with Gasteiger partial charge in [0.25, 0.3) is 5.56 Å². The lowest BCUT2D eigenvalue weighted by Gasteiger charge is -2.10. The van der Waals surface area contributed by atoms with Gasteiger partial charge in [0.1, 0.15) is 5.82 Å². The Labute approximate surface area is 193 Å². The fourth-order valence-corrected chi connectivity index (χ4v) is 4.39. The normalized spacial score (nSPS) is 13.6. The summed E-state index contributed by atoms with van der Waals surface area (Å²) >= 11 is 0. The molecule has 1 aliphatic rings. The van der Waals surface area contributed by atoms with Crippen molar-refractivity contribution in [3.8, 4) is 22.5 Å². The van der Waals surface area contributed by atoms with Crippen molar-refractivity contribution in [2.75, 3.05) is 0 Å². The molecule has 1 saturated carbocycles. The van der Waals surface area contributed by atoms with Gasteiger partial charge in [-0.1, -0.05) is 48.5 Å². The third kappa shape index (κ3) is 3.53. The van der Waals surface area contributed by atoms with Crippen LogP contribution < -0.4 is 11.2 Å². The quantitative estimate of drug-likeness (QED) is 0.406. The summed E-state index contributed by atoms with van der Waals surface area (Å²) < 4.78 is 3.48. The number of nitrogens with zero attached hydrogens (tertiary/aromatic N) is 6. The van der Waals surface area contributed by atoms with Gasteiger partial charge in [-0.05, 0) is 52.8 Å². The van der Waals surface area contributed by atoms with Crippen LogP contribution in [0.1, 0.15) is 24.2 Å². The number of H-pyrrole nitrogens is 2. The Morgan fingerprint density at radius 1 is 1.00 bits per heavy atom. The van der Waals surface area contributed by atoms with Gasteiger partial charge in [-0.15, -0.1) is 5.10 Å². The van der Waals surface area contributed by atoms with E-state index in [9.17, 15) is 9.59 Å². The Hall–Kier alpha value is -4.34. The van der Waals surface area contributed by atoms with Gasteiger partial charge in [0.2, 0.25) is 0 Å². The lowest BCUT2D eigenvalue weighted by atomic mass is 9.98. The van der Waals surface area contributed by atoms with Gasteiger partial charge in [0.05, 0.1) is 0 Å². The molecule has 0 aliphatic heterocycles. The number of nitrogens with one attached hydrogen (secondary N) is 2. The van der Waals surface area contributed by atoms with E-state index in [0.29, 0.717) is 41.8 Å². The van der Waals surface area contributed by atoms with Crippen LogP contribution in [-0.4, -0.2) is 39.7 Å². The van der Waals surface area contributed by atoms with E-state index >= 15 is 0 Å². The minimum Gasteiger partial charge on any atom is -0.318 e. The maximum absolute atomic E-state index is 12.7. The van der Waals surface area contributed by atoms with Crippen LogP contribution in [0, 0.1) is 12.8 Å². The summed E-state index contributed by atoms with van der Waals surface area (Å²) in [7, 11) is 0. The molecule has 170 valence electrons. The van der Waals surface area contributed by atoms with E-state index in [1.54, 1.807) is 4.57 Å². The molecule has 1 aliphatic carbocycles. The van der Waals surface area contributed by atoms with Crippen LogP contribution in [0.3, 0.4) is 0 Å². The molecule has 3 heterocycles. The van der Waals surface area contributed by atoms with E-state index < -0.39 is 5.56 Å². The first-order valence-electron chi connectivity index (χ1n) is 11.2. The minimum atomic E-state index is -0.404. The summed E-state index contributed by atoms with van der Waals surface area (Å²) in [5.41, 5.74) is 4.07. The van der Waals surface area contributed by atoms with Crippen molar-refractivity contribution < 1.29 is 0 Å². The Balaban J connectivity index is 1.36. The van der Waals surface area contributed by atoms with E-state index in [1.165, 1.54) is 0 Å². The molecule has 3 aromatic heterocycles. The Bertz CT molecular complexity index is 1610. The average Bonchev–Trinajstić information content (AvgIpc) is 3.37. The Kier molecular flexibility index (Phi) is 4.72. The molecule has 2 aromatic carbocycles. The lowest BCUT2D eigenvalue weighted by molar-refractivity contribution is 0.607. The van der Waals surface area contributed by atoms with Crippen molar-refractivity contribution in [3.05, 3.63) is 80.8 Å². The van der Waals surface area contributed by atoms with Crippen molar-refractivity contribution in [2.24, 2.45) is 5.92 Å². The SMILES string of the molecule is Cc1nc2c(c(=O)[nH]c(=O)n2CC2CC2)n1Cc1ccc(-c2ccccc2-c2nnn[nH]2)cc1. The molecule has 10 nitrogen and oxygen atoms in total. The number of hydrogen-bond donors (Lipinski definition) is 2. The van der Waals surface area contributed by atoms with Crippen molar-refractivity contribution in [3.63, 3.8) is 0 Å². The summed E-state index contributed by atoms with van der Waals surface area (Å²) in [6, 6.07) is 16.1. The molecule has 10 heteroatoms. The Morgan fingerprint density at radius 3 is 2.47 bits per heavy atom. The number of hydrogen-bond acceptors (Lipinski definition) is 6. The Morgan fingerprint density at radius 2 is 1.76 bits per heavy atom. The zero-order chi connectivity index (χ0) is 23.2. The van der Waals surface area contributed by atoms with Gasteiger partial charge in [-0.2, -0.15) is 0 Å². The first-order chi connectivity index (χ1) is 16.6. The van der Waals surface area contributed by atoms with E-state index in [0.717, 1.165) is 35.1 Å². The monoisotopic (exact) mass is 454 g/mol. The summed E-state index contributed by atoms with van der Waals surface area (Å²) in [5, 5.41) is 14.2. The van der Waals surface area contributed by atoms with E-state index in [2.05, 4.69) is 30.6 Å². The number of aromatic nitrogens is 8. The standard InChI is InChI=1S/C24H22N8O2/c1-14-25-22-20(23(33)26-24(34)32(22)13-15-6-7-15)31(14)12-16-8-10-17(11-9-16)18-4-2-3-5-19(18)21-27-29-30-28-21/h2-5,8-11,15H,6-7,12-13H2,1H3,(H,26,33,34)(H,27,28,29,30). The topological polar surface area (TPSA) is 127 Å². The van der Waals surface area contributed by atoms with Crippen LogP contribution in [0.25, 0.3) is 33.7 Å². The number of tetrazole rings is 1. The number of benzene rings is 2. The maximum atomic E-state index is 12.7. The van der Waals surface area contributed by atoms with Gasteiger partial charge in [0.15, 0.2) is 17.0 Å². The first kappa shape index (κ1) is 20.3. The fraction of sp³-hybridized carbons (Fsp3) is 0.250. The summed E-state index contributed by atoms with van der Waals surface area (Å²) in [4.78, 5) is 32.2. The van der Waals surface area contributed by atoms with Crippen molar-refractivity contribution in [1.82, 2.24) is 39.7 Å². The highest BCUT2D eigenvalue weighted by molar-refractivity contribution is 5.80. The lowest BCUT2D eigenvalue weighted by Crippen LogP contribution is -2.31. The number of imidazole rings is 1. The third-order valence-electron chi connectivity index (χ3n) is 6.35. The third-order valence-corrected chi connectivity index (χ3v) is 6.35. The van der Waals surface area contributed by atoms with Crippen molar-refractivity contribution in [1.29, 1.82) is 0 Å². The second-order valence-corrected chi connectivity index (χ2v) is 8.72. The molecule has 5 aromatic rings. The fourth-order valence-electron chi connectivity index (χ4n) is 4.39.